The van der Waals surface area contributed by atoms with Crippen molar-refractivity contribution in [3.63, 3.8) is 0 Å². The molecule has 2 rings (SSSR count). The van der Waals surface area contributed by atoms with Gasteiger partial charge in [-0.3, -0.25) is 9.69 Å². The van der Waals surface area contributed by atoms with E-state index in [0.29, 0.717) is 23.0 Å². The molecule has 0 saturated heterocycles. The van der Waals surface area contributed by atoms with Gasteiger partial charge in [-0.15, -0.1) is 23.1 Å². The average molecular weight is 342 g/mol. The first kappa shape index (κ1) is 16.1. The van der Waals surface area contributed by atoms with Crippen LogP contribution in [0.25, 0.3) is 0 Å². The fourth-order valence-electron chi connectivity index (χ4n) is 1.80. The first-order valence-electron chi connectivity index (χ1n) is 6.42. The maximum atomic E-state index is 11.5. The van der Waals surface area contributed by atoms with Crippen molar-refractivity contribution >= 4 is 51.4 Å². The van der Waals surface area contributed by atoms with Crippen molar-refractivity contribution in [2.45, 2.75) is 24.5 Å². The molecule has 0 aliphatic carbocycles. The van der Waals surface area contributed by atoms with E-state index in [-0.39, 0.29) is 5.91 Å². The highest BCUT2D eigenvalue weighted by molar-refractivity contribution is 7.98. The van der Waals surface area contributed by atoms with Crippen LogP contribution in [0, 0.1) is 0 Å². The molecule has 0 saturated carbocycles. The Morgan fingerprint density at radius 2 is 2.29 bits per heavy atom. The zero-order valence-corrected chi connectivity index (χ0v) is 14.2. The first-order chi connectivity index (χ1) is 10.0. The Morgan fingerprint density at radius 1 is 1.52 bits per heavy atom. The smallest absolute Gasteiger partial charge is 0.225 e. The lowest BCUT2D eigenvalue weighted by Gasteiger charge is -2.14. The zero-order valence-electron chi connectivity index (χ0n) is 11.8. The number of rotatable bonds is 5. The molecule has 2 aromatic rings. The Balaban J connectivity index is 2.08. The zero-order chi connectivity index (χ0) is 15.4. The van der Waals surface area contributed by atoms with E-state index in [9.17, 15) is 4.79 Å². The summed E-state index contributed by atoms with van der Waals surface area (Å²) < 4.78 is 0. The number of benzene rings is 1. The fourth-order valence-corrected chi connectivity index (χ4v) is 4.07. The molecule has 0 unspecified atom stereocenters. The van der Waals surface area contributed by atoms with Crippen LogP contribution in [-0.4, -0.2) is 17.4 Å². The molecule has 0 radical (unpaired) electrons. The van der Waals surface area contributed by atoms with Crippen LogP contribution < -0.4 is 10.6 Å². The third-order valence-electron chi connectivity index (χ3n) is 2.83. The van der Waals surface area contributed by atoms with Crippen molar-refractivity contribution in [1.82, 2.24) is 4.98 Å². The largest absolute Gasteiger partial charge is 0.398 e. The van der Waals surface area contributed by atoms with E-state index >= 15 is 0 Å². The second-order valence-electron chi connectivity index (χ2n) is 4.33. The van der Waals surface area contributed by atoms with Gasteiger partial charge in [0.2, 0.25) is 5.91 Å². The van der Waals surface area contributed by atoms with Crippen LogP contribution >= 0.6 is 34.7 Å². The van der Waals surface area contributed by atoms with Gasteiger partial charge in [0.1, 0.15) is 0 Å². The molecule has 0 spiro atoms. The number of hydrogen-bond donors (Lipinski definition) is 1. The van der Waals surface area contributed by atoms with Gasteiger partial charge >= 0.3 is 0 Å². The summed E-state index contributed by atoms with van der Waals surface area (Å²) in [5.74, 6) is 0.668. The summed E-state index contributed by atoms with van der Waals surface area (Å²) in [5, 5.41) is 3.34. The summed E-state index contributed by atoms with van der Waals surface area (Å²) in [6.45, 7) is 4.10. The summed E-state index contributed by atoms with van der Waals surface area (Å²) in [6.07, 6.45) is 0. The van der Waals surface area contributed by atoms with Crippen molar-refractivity contribution in [3.8, 4) is 0 Å². The lowest BCUT2D eigenvalue weighted by atomic mass is 10.3. The van der Waals surface area contributed by atoms with E-state index in [1.54, 1.807) is 23.6 Å². The summed E-state index contributed by atoms with van der Waals surface area (Å²) in [6, 6.07) is 5.48. The highest BCUT2D eigenvalue weighted by atomic mass is 35.5. The minimum absolute atomic E-state index is 0.00130. The Labute approximate surface area is 137 Å². The Kier molecular flexibility index (Phi) is 5.50. The van der Waals surface area contributed by atoms with Gasteiger partial charge in [-0.25, -0.2) is 4.98 Å². The SMILES string of the molecule is CCN(C(C)=O)c1nc(CSc2c(N)cccc2Cl)cs1. The first-order valence-corrected chi connectivity index (χ1v) is 8.66. The lowest BCUT2D eigenvalue weighted by Crippen LogP contribution is -2.27. The van der Waals surface area contributed by atoms with Crippen molar-refractivity contribution < 1.29 is 4.79 Å². The van der Waals surface area contributed by atoms with Gasteiger partial charge in [0.25, 0.3) is 0 Å². The molecule has 1 amide bonds. The van der Waals surface area contributed by atoms with Crippen molar-refractivity contribution in [2.75, 3.05) is 17.2 Å². The topological polar surface area (TPSA) is 59.2 Å². The molecule has 2 N–H and O–H groups in total. The van der Waals surface area contributed by atoms with Crippen LogP contribution in [0.5, 0.6) is 0 Å². The molecule has 7 heteroatoms. The minimum Gasteiger partial charge on any atom is -0.398 e. The highest BCUT2D eigenvalue weighted by Gasteiger charge is 2.14. The molecule has 112 valence electrons. The quantitative estimate of drug-likeness (QED) is 0.658. The number of anilines is 2. The molecule has 1 heterocycles. The normalized spacial score (nSPS) is 10.6. The standard InChI is InChI=1S/C14H16ClN3OS2/c1-3-18(9(2)19)14-17-10(8-21-14)7-20-13-11(15)5-4-6-12(13)16/h4-6,8H,3,7,16H2,1-2H3. The van der Waals surface area contributed by atoms with Crippen LogP contribution in [0.2, 0.25) is 5.02 Å². The van der Waals surface area contributed by atoms with Crippen LogP contribution in [0.15, 0.2) is 28.5 Å². The Bertz CT molecular complexity index is 625. The number of amides is 1. The predicted octanol–water partition coefficient (Wildman–Crippen LogP) is 4.04. The van der Waals surface area contributed by atoms with Crippen LogP contribution in [-0.2, 0) is 10.5 Å². The van der Waals surface area contributed by atoms with E-state index in [4.69, 9.17) is 17.3 Å². The van der Waals surface area contributed by atoms with Crippen LogP contribution in [0.4, 0.5) is 10.8 Å². The van der Waals surface area contributed by atoms with Gasteiger partial charge in [0.15, 0.2) is 5.13 Å². The average Bonchev–Trinajstić information content (AvgIpc) is 2.87. The van der Waals surface area contributed by atoms with Crippen molar-refractivity contribution in [2.24, 2.45) is 0 Å². The molecule has 4 nitrogen and oxygen atoms in total. The van der Waals surface area contributed by atoms with Gasteiger partial charge in [0, 0.05) is 35.2 Å². The summed E-state index contributed by atoms with van der Waals surface area (Å²) >= 11 is 9.17. The molecule has 1 aromatic carbocycles. The number of carbonyl (C=O) groups is 1. The molecule has 0 atom stereocenters. The number of hydrogen-bond acceptors (Lipinski definition) is 5. The second kappa shape index (κ2) is 7.15. The third-order valence-corrected chi connectivity index (χ3v) is 5.35. The number of carbonyl (C=O) groups excluding carboxylic acids is 1. The molecular formula is C14H16ClN3OS2. The van der Waals surface area contributed by atoms with E-state index in [2.05, 4.69) is 4.98 Å². The Morgan fingerprint density at radius 3 is 2.90 bits per heavy atom. The van der Waals surface area contributed by atoms with Crippen LogP contribution in [0.1, 0.15) is 19.5 Å². The molecule has 0 bridgehead atoms. The molecule has 1 aromatic heterocycles. The third kappa shape index (κ3) is 3.90. The summed E-state index contributed by atoms with van der Waals surface area (Å²) in [4.78, 5) is 18.5. The molecule has 21 heavy (non-hydrogen) atoms. The summed E-state index contributed by atoms with van der Waals surface area (Å²) in [5.41, 5.74) is 7.51. The number of nitrogen functional groups attached to an aromatic ring is 1. The maximum absolute atomic E-state index is 11.5. The van der Waals surface area contributed by atoms with Gasteiger partial charge in [-0.05, 0) is 19.1 Å². The predicted molar refractivity (Wildman–Crippen MR) is 91.2 cm³/mol. The van der Waals surface area contributed by atoms with Crippen molar-refractivity contribution in [1.29, 1.82) is 0 Å². The molecule has 0 aliphatic heterocycles. The van der Waals surface area contributed by atoms with Crippen molar-refractivity contribution in [3.05, 3.63) is 34.3 Å². The van der Waals surface area contributed by atoms with Gasteiger partial charge < -0.3 is 5.73 Å². The van der Waals surface area contributed by atoms with Gasteiger partial charge in [0.05, 0.1) is 10.7 Å². The molecule has 0 aliphatic rings. The monoisotopic (exact) mass is 341 g/mol. The van der Waals surface area contributed by atoms with E-state index in [1.807, 2.05) is 30.5 Å². The van der Waals surface area contributed by atoms with Crippen LogP contribution in [0.3, 0.4) is 0 Å². The number of nitrogens with two attached hydrogens (primary N) is 1. The molecule has 0 fully saturated rings. The number of halogens is 1. The summed E-state index contributed by atoms with van der Waals surface area (Å²) in [7, 11) is 0. The lowest BCUT2D eigenvalue weighted by molar-refractivity contribution is -0.116. The number of aromatic nitrogens is 1. The van der Waals surface area contributed by atoms with Gasteiger partial charge in [-0.2, -0.15) is 0 Å². The van der Waals surface area contributed by atoms with E-state index < -0.39 is 0 Å². The Hall–Kier alpha value is -1.24. The second-order valence-corrected chi connectivity index (χ2v) is 6.56. The highest BCUT2D eigenvalue weighted by Crippen LogP contribution is 2.35. The van der Waals surface area contributed by atoms with Gasteiger partial charge in [-0.1, -0.05) is 17.7 Å². The maximum Gasteiger partial charge on any atom is 0.225 e. The number of thiazole rings is 1. The fraction of sp³-hybridized carbons (Fsp3) is 0.286. The minimum atomic E-state index is 0.00130. The number of nitrogens with zero attached hydrogens (tertiary/aromatic N) is 2. The molecular weight excluding hydrogens is 326 g/mol. The number of thioether (sulfide) groups is 1. The van der Waals surface area contributed by atoms with E-state index in [1.165, 1.54) is 11.3 Å². The van der Waals surface area contributed by atoms with E-state index in [0.717, 1.165) is 15.7 Å².